The fourth-order valence-corrected chi connectivity index (χ4v) is 2.43. The summed E-state index contributed by atoms with van der Waals surface area (Å²) in [5.41, 5.74) is 2.55. The Hall–Kier alpha value is -3.02. The first-order valence-corrected chi connectivity index (χ1v) is 7.20. The van der Waals surface area contributed by atoms with Gasteiger partial charge in [-0.25, -0.2) is 18.6 Å². The lowest BCUT2D eigenvalue weighted by molar-refractivity contribution is 0.0594. The zero-order valence-corrected chi connectivity index (χ0v) is 13.1. The quantitative estimate of drug-likeness (QED) is 0.726. The molecule has 0 aliphatic heterocycles. The van der Waals surface area contributed by atoms with E-state index in [0.29, 0.717) is 16.9 Å². The summed E-state index contributed by atoms with van der Waals surface area (Å²) in [4.78, 5) is 16.2. The number of nitrogens with one attached hydrogen (secondary N) is 1. The van der Waals surface area contributed by atoms with Crippen molar-refractivity contribution >= 4 is 28.2 Å². The Bertz CT molecular complexity index is 942. The molecule has 0 aliphatic rings. The van der Waals surface area contributed by atoms with Crippen LogP contribution in [0.25, 0.3) is 10.9 Å². The van der Waals surface area contributed by atoms with Crippen LogP contribution in [0.4, 0.5) is 20.2 Å². The Labute approximate surface area is 137 Å². The number of carbonyl (C=O) groups excluding carboxylic acids is 1. The molecule has 0 spiro atoms. The number of aromatic nitrogens is 1. The molecule has 0 atom stereocenters. The maximum Gasteiger partial charge on any atom is 0.356 e. The van der Waals surface area contributed by atoms with Crippen molar-refractivity contribution in [2.75, 3.05) is 12.4 Å². The van der Waals surface area contributed by atoms with Gasteiger partial charge in [0.05, 0.1) is 18.3 Å². The van der Waals surface area contributed by atoms with E-state index < -0.39 is 17.6 Å². The summed E-state index contributed by atoms with van der Waals surface area (Å²) >= 11 is 0. The Balaban J connectivity index is 2.16. The van der Waals surface area contributed by atoms with Crippen LogP contribution in [0.2, 0.25) is 0 Å². The molecule has 3 aromatic rings. The first-order valence-electron chi connectivity index (χ1n) is 7.20. The van der Waals surface area contributed by atoms with E-state index in [9.17, 15) is 13.6 Å². The number of hydrogen-bond acceptors (Lipinski definition) is 4. The maximum atomic E-state index is 13.4. The van der Waals surface area contributed by atoms with E-state index >= 15 is 0 Å². The number of halogens is 2. The lowest BCUT2D eigenvalue weighted by Crippen LogP contribution is -2.06. The number of fused-ring (bicyclic) bond motifs is 1. The topological polar surface area (TPSA) is 51.2 Å². The fraction of sp³-hybridized carbons (Fsp3) is 0.111. The second-order valence-corrected chi connectivity index (χ2v) is 5.27. The minimum Gasteiger partial charge on any atom is -0.464 e. The highest BCUT2D eigenvalue weighted by Crippen LogP contribution is 2.29. The van der Waals surface area contributed by atoms with E-state index in [4.69, 9.17) is 4.74 Å². The average Bonchev–Trinajstić information content (AvgIpc) is 2.58. The Morgan fingerprint density at radius 3 is 2.62 bits per heavy atom. The van der Waals surface area contributed by atoms with Crippen LogP contribution in [-0.4, -0.2) is 18.1 Å². The smallest absolute Gasteiger partial charge is 0.356 e. The predicted octanol–water partition coefficient (Wildman–Crippen LogP) is 4.35. The molecule has 6 heteroatoms. The van der Waals surface area contributed by atoms with Crippen molar-refractivity contribution in [3.8, 4) is 0 Å². The van der Waals surface area contributed by atoms with Gasteiger partial charge < -0.3 is 10.1 Å². The largest absolute Gasteiger partial charge is 0.464 e. The number of anilines is 2. The van der Waals surface area contributed by atoms with Gasteiger partial charge in [-0.2, -0.15) is 0 Å². The van der Waals surface area contributed by atoms with Crippen LogP contribution in [-0.2, 0) is 4.74 Å². The van der Waals surface area contributed by atoms with Gasteiger partial charge in [0.2, 0.25) is 0 Å². The molecule has 0 saturated heterocycles. The molecule has 4 nitrogen and oxygen atoms in total. The van der Waals surface area contributed by atoms with E-state index in [2.05, 4.69) is 10.3 Å². The van der Waals surface area contributed by atoms with Gasteiger partial charge in [0.1, 0.15) is 0 Å². The molecule has 0 bridgehead atoms. The Morgan fingerprint density at radius 1 is 1.12 bits per heavy atom. The predicted molar refractivity (Wildman–Crippen MR) is 87.5 cm³/mol. The number of nitrogens with zero attached hydrogens (tertiary/aromatic N) is 1. The van der Waals surface area contributed by atoms with Gasteiger partial charge in [-0.3, -0.25) is 0 Å². The molecule has 0 aliphatic carbocycles. The normalized spacial score (nSPS) is 10.7. The number of carbonyl (C=O) groups is 1. The monoisotopic (exact) mass is 328 g/mol. The average molecular weight is 328 g/mol. The standard InChI is InChI=1S/C18H14F2N2O2/c1-10-4-3-5-12-15(9-16(18(23)24-2)22-17(10)12)21-11-6-7-13(19)14(20)8-11/h3-9H,1-2H3,(H,21,22). The number of esters is 1. The van der Waals surface area contributed by atoms with Gasteiger partial charge in [-0.05, 0) is 30.7 Å². The number of para-hydroxylation sites is 1. The van der Waals surface area contributed by atoms with E-state index in [0.717, 1.165) is 23.1 Å². The summed E-state index contributed by atoms with van der Waals surface area (Å²) in [6, 6.07) is 10.6. The lowest BCUT2D eigenvalue weighted by atomic mass is 10.1. The first kappa shape index (κ1) is 15.9. The number of hydrogen-bond donors (Lipinski definition) is 1. The molecule has 1 N–H and O–H groups in total. The molecule has 0 unspecified atom stereocenters. The molecular weight excluding hydrogens is 314 g/mol. The van der Waals surface area contributed by atoms with Gasteiger partial charge in [0, 0.05) is 17.1 Å². The van der Waals surface area contributed by atoms with Crippen LogP contribution in [0, 0.1) is 18.6 Å². The SMILES string of the molecule is COC(=O)c1cc(Nc2ccc(F)c(F)c2)c2cccc(C)c2n1. The number of ether oxygens (including phenoxy) is 1. The van der Waals surface area contributed by atoms with Crippen LogP contribution >= 0.6 is 0 Å². The van der Waals surface area contributed by atoms with E-state index in [-0.39, 0.29) is 5.69 Å². The van der Waals surface area contributed by atoms with Gasteiger partial charge in [0.15, 0.2) is 17.3 Å². The van der Waals surface area contributed by atoms with Crippen molar-refractivity contribution in [1.29, 1.82) is 0 Å². The lowest BCUT2D eigenvalue weighted by Gasteiger charge is -2.13. The molecule has 2 aromatic carbocycles. The summed E-state index contributed by atoms with van der Waals surface area (Å²) in [6.45, 7) is 1.87. The summed E-state index contributed by atoms with van der Waals surface area (Å²) < 4.78 is 31.2. The second kappa shape index (κ2) is 6.23. The molecule has 122 valence electrons. The van der Waals surface area contributed by atoms with Crippen LogP contribution in [0.5, 0.6) is 0 Å². The third-order valence-electron chi connectivity index (χ3n) is 3.63. The second-order valence-electron chi connectivity index (χ2n) is 5.27. The van der Waals surface area contributed by atoms with E-state index in [1.165, 1.54) is 19.2 Å². The third kappa shape index (κ3) is 2.90. The van der Waals surface area contributed by atoms with Gasteiger partial charge in [-0.1, -0.05) is 18.2 Å². The summed E-state index contributed by atoms with van der Waals surface area (Å²) in [6.07, 6.45) is 0. The fourth-order valence-electron chi connectivity index (χ4n) is 2.43. The van der Waals surface area contributed by atoms with Gasteiger partial charge in [0.25, 0.3) is 0 Å². The highest BCUT2D eigenvalue weighted by Gasteiger charge is 2.14. The third-order valence-corrected chi connectivity index (χ3v) is 3.63. The highest BCUT2D eigenvalue weighted by molar-refractivity contribution is 5.99. The summed E-state index contributed by atoms with van der Waals surface area (Å²) in [5, 5.41) is 3.76. The van der Waals surface area contributed by atoms with E-state index in [1.54, 1.807) is 0 Å². The number of rotatable bonds is 3. The minimum absolute atomic E-state index is 0.129. The van der Waals surface area contributed by atoms with Crippen LogP contribution < -0.4 is 5.32 Å². The van der Waals surface area contributed by atoms with Crippen molar-refractivity contribution in [1.82, 2.24) is 4.98 Å². The first-order chi connectivity index (χ1) is 11.5. The number of benzene rings is 2. The van der Waals surface area contributed by atoms with Crippen molar-refractivity contribution in [2.45, 2.75) is 6.92 Å². The Morgan fingerprint density at radius 2 is 1.92 bits per heavy atom. The van der Waals surface area contributed by atoms with Crippen molar-refractivity contribution in [3.63, 3.8) is 0 Å². The Kier molecular flexibility index (Phi) is 4.12. The number of pyridine rings is 1. The molecule has 0 amide bonds. The van der Waals surface area contributed by atoms with Gasteiger partial charge in [-0.15, -0.1) is 0 Å². The molecule has 0 saturated carbocycles. The molecule has 1 heterocycles. The molecule has 0 fully saturated rings. The number of aryl methyl sites for hydroxylation is 1. The minimum atomic E-state index is -0.956. The molecule has 24 heavy (non-hydrogen) atoms. The summed E-state index contributed by atoms with van der Waals surface area (Å²) in [5.74, 6) is -2.46. The highest BCUT2D eigenvalue weighted by atomic mass is 19.2. The molecule has 3 rings (SSSR count). The van der Waals surface area contributed by atoms with E-state index in [1.807, 2.05) is 25.1 Å². The van der Waals surface area contributed by atoms with Crippen molar-refractivity contribution in [2.24, 2.45) is 0 Å². The van der Waals surface area contributed by atoms with Gasteiger partial charge >= 0.3 is 5.97 Å². The van der Waals surface area contributed by atoms with Crippen molar-refractivity contribution < 1.29 is 18.3 Å². The van der Waals surface area contributed by atoms with Crippen LogP contribution in [0.1, 0.15) is 16.1 Å². The van der Waals surface area contributed by atoms with Crippen LogP contribution in [0.15, 0.2) is 42.5 Å². The molecule has 1 aromatic heterocycles. The molecular formula is C18H14F2N2O2. The number of methoxy groups -OCH3 is 1. The maximum absolute atomic E-state index is 13.4. The zero-order valence-electron chi connectivity index (χ0n) is 13.1. The molecule has 0 radical (unpaired) electrons. The zero-order chi connectivity index (χ0) is 17.3. The van der Waals surface area contributed by atoms with Crippen molar-refractivity contribution in [3.05, 3.63) is 65.4 Å². The van der Waals surface area contributed by atoms with Crippen LogP contribution in [0.3, 0.4) is 0 Å². The summed E-state index contributed by atoms with van der Waals surface area (Å²) in [7, 11) is 1.27.